The van der Waals surface area contributed by atoms with Crippen LogP contribution in [0.3, 0.4) is 0 Å². The summed E-state index contributed by atoms with van der Waals surface area (Å²) < 4.78 is 0. The molecule has 3 aromatic rings. The summed E-state index contributed by atoms with van der Waals surface area (Å²) in [5.41, 5.74) is 2.37. The number of amides is 1. The molecule has 0 unspecified atom stereocenters. The number of H-pyrrole nitrogens is 1. The maximum atomic E-state index is 12.7. The van der Waals surface area contributed by atoms with Crippen molar-refractivity contribution in [3.63, 3.8) is 0 Å². The van der Waals surface area contributed by atoms with Gasteiger partial charge in [-0.3, -0.25) is 9.59 Å². The Morgan fingerprint density at radius 3 is 2.52 bits per heavy atom. The van der Waals surface area contributed by atoms with E-state index >= 15 is 0 Å². The van der Waals surface area contributed by atoms with Gasteiger partial charge >= 0.3 is 0 Å². The molecule has 2 fully saturated rings. The van der Waals surface area contributed by atoms with Crippen LogP contribution >= 0.6 is 0 Å². The van der Waals surface area contributed by atoms with E-state index in [9.17, 15) is 9.59 Å². The van der Waals surface area contributed by atoms with E-state index in [1.165, 1.54) is 5.56 Å². The van der Waals surface area contributed by atoms with Crippen LogP contribution in [0, 0.1) is 11.3 Å². The van der Waals surface area contributed by atoms with E-state index in [1.807, 2.05) is 30.3 Å². The van der Waals surface area contributed by atoms with Gasteiger partial charge in [0.2, 0.25) is 5.91 Å². The van der Waals surface area contributed by atoms with Crippen LogP contribution in [0.25, 0.3) is 10.8 Å². The fourth-order valence-corrected chi connectivity index (χ4v) is 5.53. The SMILES string of the molecule is CC1(CCc2n[nH]c(=O)c3ccccc23)CC(N2C[C@H](Cc3ccccc3)CC2=O)C1. The van der Waals surface area contributed by atoms with Crippen LogP contribution in [0.2, 0.25) is 0 Å². The minimum Gasteiger partial charge on any atom is -0.339 e. The highest BCUT2D eigenvalue weighted by molar-refractivity contribution is 5.83. The summed E-state index contributed by atoms with van der Waals surface area (Å²) in [5, 5.41) is 8.62. The average molecular weight is 416 g/mol. The number of aromatic amines is 1. The van der Waals surface area contributed by atoms with Gasteiger partial charge in [0, 0.05) is 24.4 Å². The summed E-state index contributed by atoms with van der Waals surface area (Å²) in [6.07, 6.45) is 5.62. The molecule has 1 aliphatic heterocycles. The molecule has 1 saturated heterocycles. The summed E-state index contributed by atoms with van der Waals surface area (Å²) in [5.74, 6) is 0.750. The zero-order valence-corrected chi connectivity index (χ0v) is 18.0. The lowest BCUT2D eigenvalue weighted by Gasteiger charge is -2.49. The Hall–Kier alpha value is -2.95. The van der Waals surface area contributed by atoms with Crippen molar-refractivity contribution < 1.29 is 4.79 Å². The van der Waals surface area contributed by atoms with Gasteiger partial charge in [-0.2, -0.15) is 5.10 Å². The highest BCUT2D eigenvalue weighted by Gasteiger charge is 2.46. The van der Waals surface area contributed by atoms with Crippen molar-refractivity contribution >= 4 is 16.7 Å². The third-order valence-electron chi connectivity index (χ3n) is 7.24. The second-order valence-electron chi connectivity index (χ2n) is 9.72. The molecule has 160 valence electrons. The minimum atomic E-state index is -0.133. The molecule has 1 atom stereocenters. The van der Waals surface area contributed by atoms with E-state index in [0.29, 0.717) is 29.7 Å². The summed E-state index contributed by atoms with van der Waals surface area (Å²) in [6.45, 7) is 3.21. The molecular weight excluding hydrogens is 386 g/mol. The smallest absolute Gasteiger partial charge is 0.272 e. The van der Waals surface area contributed by atoms with Crippen molar-refractivity contribution in [1.82, 2.24) is 15.1 Å². The molecule has 5 nitrogen and oxygen atoms in total. The predicted octanol–water partition coefficient (Wildman–Crippen LogP) is 4.12. The van der Waals surface area contributed by atoms with Crippen molar-refractivity contribution in [3.8, 4) is 0 Å². The van der Waals surface area contributed by atoms with Gasteiger partial charge in [-0.25, -0.2) is 5.10 Å². The van der Waals surface area contributed by atoms with Crippen LogP contribution in [0.4, 0.5) is 0 Å². The first kappa shape index (κ1) is 20.0. The monoisotopic (exact) mass is 415 g/mol. The molecule has 5 rings (SSSR count). The van der Waals surface area contributed by atoms with Crippen LogP contribution in [0.15, 0.2) is 59.4 Å². The number of carbonyl (C=O) groups is 1. The van der Waals surface area contributed by atoms with Crippen molar-refractivity contribution in [2.75, 3.05) is 6.54 Å². The first-order valence-corrected chi connectivity index (χ1v) is 11.3. The maximum Gasteiger partial charge on any atom is 0.272 e. The Kier molecular flexibility index (Phi) is 5.12. The van der Waals surface area contributed by atoms with E-state index in [1.54, 1.807) is 0 Å². The Balaban J connectivity index is 1.18. The molecule has 1 amide bonds. The first-order chi connectivity index (χ1) is 15.0. The number of hydrogen-bond donors (Lipinski definition) is 1. The Morgan fingerprint density at radius 1 is 1.03 bits per heavy atom. The average Bonchev–Trinajstić information content (AvgIpc) is 3.12. The van der Waals surface area contributed by atoms with Gasteiger partial charge in [0.1, 0.15) is 0 Å². The van der Waals surface area contributed by atoms with Crippen LogP contribution in [0.5, 0.6) is 0 Å². The lowest BCUT2D eigenvalue weighted by Crippen LogP contribution is -2.50. The van der Waals surface area contributed by atoms with Crippen molar-refractivity contribution in [3.05, 3.63) is 76.2 Å². The molecule has 2 aliphatic rings. The molecule has 0 radical (unpaired) electrons. The third kappa shape index (κ3) is 4.01. The van der Waals surface area contributed by atoms with Gasteiger partial charge < -0.3 is 4.90 Å². The number of benzene rings is 2. The number of likely N-dealkylation sites (tertiary alicyclic amines) is 1. The zero-order valence-electron chi connectivity index (χ0n) is 18.0. The lowest BCUT2D eigenvalue weighted by molar-refractivity contribution is -0.134. The van der Waals surface area contributed by atoms with Crippen LogP contribution in [0.1, 0.15) is 43.9 Å². The summed E-state index contributed by atoms with van der Waals surface area (Å²) >= 11 is 0. The topological polar surface area (TPSA) is 66.1 Å². The molecule has 1 N–H and O–H groups in total. The van der Waals surface area contributed by atoms with Gasteiger partial charge in [-0.05, 0) is 55.1 Å². The van der Waals surface area contributed by atoms with E-state index in [4.69, 9.17) is 0 Å². The van der Waals surface area contributed by atoms with Crippen LogP contribution < -0.4 is 5.56 Å². The maximum absolute atomic E-state index is 12.7. The van der Waals surface area contributed by atoms with E-state index in [0.717, 1.165) is 49.7 Å². The molecule has 1 aromatic heterocycles. The van der Waals surface area contributed by atoms with Crippen molar-refractivity contribution in [1.29, 1.82) is 0 Å². The number of hydrogen-bond acceptors (Lipinski definition) is 3. The quantitative estimate of drug-likeness (QED) is 0.659. The van der Waals surface area contributed by atoms with Gasteiger partial charge in [-0.1, -0.05) is 55.5 Å². The molecule has 5 heteroatoms. The van der Waals surface area contributed by atoms with Crippen LogP contribution in [-0.4, -0.2) is 33.6 Å². The molecular formula is C26H29N3O2. The largest absolute Gasteiger partial charge is 0.339 e. The molecule has 31 heavy (non-hydrogen) atoms. The standard InChI is InChI=1S/C26H29N3O2/c1-26(12-11-23-21-9-5-6-10-22(21)25(31)28-27-23)15-20(16-26)29-17-19(14-24(29)30)13-18-7-3-2-4-8-18/h2-10,19-20H,11-17H2,1H3,(H,28,31)/t19-,20?,26?/m1/s1. The Morgan fingerprint density at radius 2 is 1.74 bits per heavy atom. The first-order valence-electron chi connectivity index (χ1n) is 11.3. The number of carbonyl (C=O) groups excluding carboxylic acids is 1. The summed E-state index contributed by atoms with van der Waals surface area (Å²) in [7, 11) is 0. The highest BCUT2D eigenvalue weighted by atomic mass is 16.2. The van der Waals surface area contributed by atoms with Gasteiger partial charge in [0.05, 0.1) is 11.1 Å². The summed E-state index contributed by atoms with van der Waals surface area (Å²) in [6, 6.07) is 18.5. The number of rotatable bonds is 6. The second kappa shape index (κ2) is 7.95. The fourth-order valence-electron chi connectivity index (χ4n) is 5.53. The molecule has 2 aromatic carbocycles. The van der Waals surface area contributed by atoms with E-state index in [-0.39, 0.29) is 11.0 Å². The zero-order chi connectivity index (χ0) is 21.4. The summed E-state index contributed by atoms with van der Waals surface area (Å²) in [4.78, 5) is 26.8. The minimum absolute atomic E-state index is 0.133. The normalized spacial score (nSPS) is 25.7. The van der Waals surface area contributed by atoms with Crippen LogP contribution in [-0.2, 0) is 17.6 Å². The highest BCUT2D eigenvalue weighted by Crippen LogP contribution is 2.48. The molecule has 1 saturated carbocycles. The van der Waals surface area contributed by atoms with E-state index in [2.05, 4.69) is 46.3 Å². The number of nitrogens with one attached hydrogen (secondary N) is 1. The van der Waals surface area contributed by atoms with Gasteiger partial charge in [0.15, 0.2) is 0 Å². The van der Waals surface area contributed by atoms with Crippen molar-refractivity contribution in [2.24, 2.45) is 11.3 Å². The number of aromatic nitrogens is 2. The number of aryl methyl sites for hydroxylation is 1. The number of nitrogens with zero attached hydrogens (tertiary/aromatic N) is 2. The van der Waals surface area contributed by atoms with E-state index < -0.39 is 0 Å². The lowest BCUT2D eigenvalue weighted by atomic mass is 9.63. The molecule has 1 aliphatic carbocycles. The third-order valence-corrected chi connectivity index (χ3v) is 7.24. The predicted molar refractivity (Wildman–Crippen MR) is 122 cm³/mol. The van der Waals surface area contributed by atoms with Gasteiger partial charge in [0.25, 0.3) is 5.56 Å². The molecule has 0 bridgehead atoms. The number of fused-ring (bicyclic) bond motifs is 1. The fraction of sp³-hybridized carbons (Fsp3) is 0.423. The van der Waals surface area contributed by atoms with Gasteiger partial charge in [-0.15, -0.1) is 0 Å². The molecule has 2 heterocycles. The molecule has 0 spiro atoms. The Labute approximate surface area is 182 Å². The Bertz CT molecular complexity index is 1150. The van der Waals surface area contributed by atoms with Crippen molar-refractivity contribution in [2.45, 2.75) is 51.5 Å². The second-order valence-corrected chi connectivity index (χ2v) is 9.72.